The standard InChI is InChI=1S/C22H27FN2O2/c1-22(2,3)27-21(26)25-15-13-24(14-16-25)20(17-7-5-4-6-8-17)18-9-11-19(23)12-10-18/h4-12,20H,13-16H2,1-3H3. The fourth-order valence-corrected chi connectivity index (χ4v) is 3.38. The Labute approximate surface area is 160 Å². The molecule has 0 radical (unpaired) electrons. The van der Waals surface area contributed by atoms with Gasteiger partial charge >= 0.3 is 6.09 Å². The monoisotopic (exact) mass is 370 g/mol. The van der Waals surface area contributed by atoms with E-state index in [1.165, 1.54) is 12.1 Å². The second kappa shape index (κ2) is 8.09. The average Bonchev–Trinajstić information content (AvgIpc) is 2.64. The van der Waals surface area contributed by atoms with E-state index in [0.717, 1.165) is 24.2 Å². The summed E-state index contributed by atoms with van der Waals surface area (Å²) < 4.78 is 18.9. The van der Waals surface area contributed by atoms with Gasteiger partial charge in [-0.15, -0.1) is 0 Å². The summed E-state index contributed by atoms with van der Waals surface area (Å²) in [5.74, 6) is -0.236. The third-order valence-corrected chi connectivity index (χ3v) is 4.63. The number of carbonyl (C=O) groups excluding carboxylic acids is 1. The van der Waals surface area contributed by atoms with Gasteiger partial charge in [-0.1, -0.05) is 42.5 Å². The number of piperazine rings is 1. The van der Waals surface area contributed by atoms with Crippen LogP contribution in [0.2, 0.25) is 0 Å². The molecular formula is C22H27FN2O2. The van der Waals surface area contributed by atoms with E-state index in [-0.39, 0.29) is 18.0 Å². The molecule has 1 fully saturated rings. The van der Waals surface area contributed by atoms with Crippen LogP contribution in [0.15, 0.2) is 54.6 Å². The van der Waals surface area contributed by atoms with E-state index < -0.39 is 5.60 Å². The highest BCUT2D eigenvalue weighted by molar-refractivity contribution is 5.68. The van der Waals surface area contributed by atoms with Crippen LogP contribution in [0, 0.1) is 5.82 Å². The van der Waals surface area contributed by atoms with Crippen molar-refractivity contribution in [3.63, 3.8) is 0 Å². The van der Waals surface area contributed by atoms with Gasteiger partial charge in [-0.3, -0.25) is 4.90 Å². The lowest BCUT2D eigenvalue weighted by molar-refractivity contribution is 0.0119. The van der Waals surface area contributed by atoms with E-state index >= 15 is 0 Å². The molecule has 0 saturated carbocycles. The Balaban J connectivity index is 1.75. The molecule has 144 valence electrons. The Morgan fingerprint density at radius 1 is 0.926 bits per heavy atom. The van der Waals surface area contributed by atoms with Crippen LogP contribution in [0.25, 0.3) is 0 Å². The number of nitrogens with zero attached hydrogens (tertiary/aromatic N) is 2. The van der Waals surface area contributed by atoms with Crippen LogP contribution >= 0.6 is 0 Å². The van der Waals surface area contributed by atoms with Gasteiger partial charge in [0.1, 0.15) is 11.4 Å². The number of halogens is 1. The fourth-order valence-electron chi connectivity index (χ4n) is 3.38. The van der Waals surface area contributed by atoms with Gasteiger partial charge < -0.3 is 9.64 Å². The summed E-state index contributed by atoms with van der Waals surface area (Å²) in [7, 11) is 0. The van der Waals surface area contributed by atoms with Crippen molar-refractivity contribution in [3.8, 4) is 0 Å². The summed E-state index contributed by atoms with van der Waals surface area (Å²) in [6, 6.07) is 16.9. The number of carbonyl (C=O) groups is 1. The number of amides is 1. The maximum absolute atomic E-state index is 13.4. The van der Waals surface area contributed by atoms with Crippen molar-refractivity contribution in [2.24, 2.45) is 0 Å². The Morgan fingerprint density at radius 2 is 1.48 bits per heavy atom. The van der Waals surface area contributed by atoms with Crippen LogP contribution in [0.4, 0.5) is 9.18 Å². The molecule has 1 saturated heterocycles. The van der Waals surface area contributed by atoms with Crippen molar-refractivity contribution in [1.82, 2.24) is 9.80 Å². The molecule has 0 N–H and O–H groups in total. The van der Waals surface area contributed by atoms with Crippen molar-refractivity contribution in [2.45, 2.75) is 32.4 Å². The summed E-state index contributed by atoms with van der Waals surface area (Å²) in [6.45, 7) is 8.31. The lowest BCUT2D eigenvalue weighted by atomic mass is 9.96. The van der Waals surface area contributed by atoms with Crippen molar-refractivity contribution in [1.29, 1.82) is 0 Å². The first kappa shape index (κ1) is 19.4. The smallest absolute Gasteiger partial charge is 0.410 e. The minimum atomic E-state index is -0.491. The molecule has 5 heteroatoms. The van der Waals surface area contributed by atoms with E-state index in [1.807, 2.05) is 51.1 Å². The van der Waals surface area contributed by atoms with Crippen LogP contribution in [-0.4, -0.2) is 47.7 Å². The van der Waals surface area contributed by atoms with Crippen molar-refractivity contribution in [2.75, 3.05) is 26.2 Å². The van der Waals surface area contributed by atoms with Gasteiger partial charge in [0.05, 0.1) is 6.04 Å². The molecule has 1 unspecified atom stereocenters. The molecule has 2 aromatic rings. The minimum absolute atomic E-state index is 0.0348. The van der Waals surface area contributed by atoms with E-state index in [9.17, 15) is 9.18 Å². The van der Waals surface area contributed by atoms with E-state index in [2.05, 4.69) is 17.0 Å². The maximum Gasteiger partial charge on any atom is 0.410 e. The number of rotatable bonds is 3. The molecule has 0 bridgehead atoms. The van der Waals surface area contributed by atoms with Gasteiger partial charge in [0.2, 0.25) is 0 Å². The first-order chi connectivity index (χ1) is 12.8. The molecule has 3 rings (SSSR count). The topological polar surface area (TPSA) is 32.8 Å². The van der Waals surface area contributed by atoms with Gasteiger partial charge in [-0.2, -0.15) is 0 Å². The first-order valence-corrected chi connectivity index (χ1v) is 9.36. The van der Waals surface area contributed by atoms with Crippen LogP contribution in [-0.2, 0) is 4.74 Å². The number of ether oxygens (including phenoxy) is 1. The van der Waals surface area contributed by atoms with Gasteiger partial charge in [-0.25, -0.2) is 9.18 Å². The predicted molar refractivity (Wildman–Crippen MR) is 104 cm³/mol. The fraction of sp³-hybridized carbons (Fsp3) is 0.409. The van der Waals surface area contributed by atoms with Gasteiger partial charge in [-0.05, 0) is 44.0 Å². The molecule has 1 heterocycles. The van der Waals surface area contributed by atoms with Crippen molar-refractivity contribution < 1.29 is 13.9 Å². The predicted octanol–water partition coefficient (Wildman–Crippen LogP) is 4.47. The largest absolute Gasteiger partial charge is 0.444 e. The summed E-state index contributed by atoms with van der Waals surface area (Å²) in [5, 5.41) is 0. The SMILES string of the molecule is CC(C)(C)OC(=O)N1CCN(C(c2ccccc2)c2ccc(F)cc2)CC1. The zero-order chi connectivity index (χ0) is 19.4. The summed E-state index contributed by atoms with van der Waals surface area (Å²) >= 11 is 0. The van der Waals surface area contributed by atoms with E-state index in [0.29, 0.717) is 13.1 Å². The number of benzene rings is 2. The number of hydrogen-bond donors (Lipinski definition) is 0. The highest BCUT2D eigenvalue weighted by Gasteiger charge is 2.30. The van der Waals surface area contributed by atoms with Gasteiger partial charge in [0, 0.05) is 26.2 Å². The first-order valence-electron chi connectivity index (χ1n) is 9.36. The Bertz CT molecular complexity index is 748. The molecule has 1 amide bonds. The quantitative estimate of drug-likeness (QED) is 0.799. The van der Waals surface area contributed by atoms with Crippen LogP contribution in [0.1, 0.15) is 37.9 Å². The Morgan fingerprint density at radius 3 is 2.04 bits per heavy atom. The molecule has 1 atom stereocenters. The Hall–Kier alpha value is -2.40. The highest BCUT2D eigenvalue weighted by atomic mass is 19.1. The molecule has 0 spiro atoms. The summed E-state index contributed by atoms with van der Waals surface area (Å²) in [4.78, 5) is 16.4. The molecule has 27 heavy (non-hydrogen) atoms. The van der Waals surface area contributed by atoms with Crippen LogP contribution in [0.5, 0.6) is 0 Å². The zero-order valence-corrected chi connectivity index (χ0v) is 16.2. The third kappa shape index (κ3) is 5.07. The molecule has 2 aromatic carbocycles. The molecule has 1 aliphatic rings. The van der Waals surface area contributed by atoms with Crippen LogP contribution in [0.3, 0.4) is 0 Å². The molecule has 1 aliphatic heterocycles. The van der Waals surface area contributed by atoms with Gasteiger partial charge in [0.15, 0.2) is 0 Å². The third-order valence-electron chi connectivity index (χ3n) is 4.63. The van der Waals surface area contributed by atoms with Crippen molar-refractivity contribution in [3.05, 3.63) is 71.5 Å². The lowest BCUT2D eigenvalue weighted by Gasteiger charge is -2.40. The normalized spacial score (nSPS) is 16.8. The Kier molecular flexibility index (Phi) is 5.80. The van der Waals surface area contributed by atoms with Gasteiger partial charge in [0.25, 0.3) is 0 Å². The highest BCUT2D eigenvalue weighted by Crippen LogP contribution is 2.30. The second-order valence-electron chi connectivity index (χ2n) is 7.87. The second-order valence-corrected chi connectivity index (χ2v) is 7.87. The molecular weight excluding hydrogens is 343 g/mol. The minimum Gasteiger partial charge on any atom is -0.444 e. The summed E-state index contributed by atoms with van der Waals surface area (Å²) in [6.07, 6.45) is -0.264. The summed E-state index contributed by atoms with van der Waals surface area (Å²) in [5.41, 5.74) is 1.72. The molecule has 0 aliphatic carbocycles. The van der Waals surface area contributed by atoms with Crippen LogP contribution < -0.4 is 0 Å². The van der Waals surface area contributed by atoms with E-state index in [4.69, 9.17) is 4.74 Å². The average molecular weight is 370 g/mol. The molecule has 0 aromatic heterocycles. The molecule has 4 nitrogen and oxygen atoms in total. The van der Waals surface area contributed by atoms with Crippen molar-refractivity contribution >= 4 is 6.09 Å². The lowest BCUT2D eigenvalue weighted by Crippen LogP contribution is -2.51. The zero-order valence-electron chi connectivity index (χ0n) is 16.2. The maximum atomic E-state index is 13.4. The van der Waals surface area contributed by atoms with E-state index in [1.54, 1.807) is 4.90 Å². The number of hydrogen-bond acceptors (Lipinski definition) is 3.